The third-order valence-corrected chi connectivity index (χ3v) is 6.40. The van der Waals surface area contributed by atoms with Crippen molar-refractivity contribution in [2.75, 3.05) is 21.2 Å². The first-order chi connectivity index (χ1) is 13.9. The molecule has 0 aromatic heterocycles. The van der Waals surface area contributed by atoms with Crippen LogP contribution in [-0.4, -0.2) is 32.1 Å². The molecule has 0 N–H and O–H groups in total. The molecular formula is C26H28FNO. The van der Waals surface area contributed by atoms with E-state index in [1.807, 2.05) is 25.3 Å². The second-order valence-corrected chi connectivity index (χ2v) is 8.25. The number of nitrogens with zero attached hydrogens (tertiary/aromatic N) is 1. The highest BCUT2D eigenvalue weighted by Gasteiger charge is 2.41. The van der Waals surface area contributed by atoms with Gasteiger partial charge in [-0.05, 0) is 79.4 Å². The molecule has 0 spiro atoms. The molecule has 1 aliphatic carbocycles. The molecule has 0 saturated carbocycles. The molecule has 0 amide bonds. The number of halogens is 1. The zero-order valence-electron chi connectivity index (χ0n) is 17.6. The topological polar surface area (TPSA) is 12.5 Å². The standard InChI is InChI=1S/C26H28FNO/c1-26(29-4)24-15-11-19(17-20(24)12-16-25(26)28(2)3)23-8-6-5-7-22(23)18-9-13-21(27)14-10-18/h5-11,13-15,17,25H,12,16H2,1-4H3. The average Bonchev–Trinajstić information content (AvgIpc) is 2.74. The number of fused-ring (bicyclic) bond motifs is 1. The monoisotopic (exact) mass is 389 g/mol. The van der Waals surface area contributed by atoms with E-state index >= 15 is 0 Å². The zero-order chi connectivity index (χ0) is 20.6. The maximum atomic E-state index is 13.4. The highest BCUT2D eigenvalue weighted by Crippen LogP contribution is 2.42. The molecule has 2 nitrogen and oxygen atoms in total. The number of ether oxygens (including phenoxy) is 1. The van der Waals surface area contributed by atoms with Gasteiger partial charge in [-0.2, -0.15) is 0 Å². The van der Waals surface area contributed by atoms with Crippen LogP contribution in [0.1, 0.15) is 24.5 Å². The molecule has 0 radical (unpaired) electrons. The Labute approximate surface area is 172 Å². The molecule has 29 heavy (non-hydrogen) atoms. The van der Waals surface area contributed by atoms with Crippen LogP contribution in [0.5, 0.6) is 0 Å². The van der Waals surface area contributed by atoms with Crippen molar-refractivity contribution in [3.8, 4) is 22.3 Å². The van der Waals surface area contributed by atoms with Gasteiger partial charge >= 0.3 is 0 Å². The predicted octanol–water partition coefficient (Wildman–Crippen LogP) is 5.90. The van der Waals surface area contributed by atoms with Crippen molar-refractivity contribution in [1.29, 1.82) is 0 Å². The molecule has 3 aromatic rings. The van der Waals surface area contributed by atoms with E-state index in [4.69, 9.17) is 4.74 Å². The summed E-state index contributed by atoms with van der Waals surface area (Å²) >= 11 is 0. The summed E-state index contributed by atoms with van der Waals surface area (Å²) in [7, 11) is 6.06. The van der Waals surface area contributed by atoms with E-state index in [1.54, 1.807) is 0 Å². The van der Waals surface area contributed by atoms with Crippen LogP contribution >= 0.6 is 0 Å². The second kappa shape index (κ2) is 7.74. The fourth-order valence-electron chi connectivity index (χ4n) is 4.81. The molecule has 0 bridgehead atoms. The smallest absolute Gasteiger partial charge is 0.123 e. The predicted molar refractivity (Wildman–Crippen MR) is 117 cm³/mol. The Hall–Kier alpha value is -2.49. The highest BCUT2D eigenvalue weighted by atomic mass is 19.1. The Balaban J connectivity index is 1.79. The Kier molecular flexibility index (Phi) is 5.28. The Bertz CT molecular complexity index is 1010. The fraction of sp³-hybridized carbons (Fsp3) is 0.308. The third-order valence-electron chi connectivity index (χ3n) is 6.40. The minimum atomic E-state index is -0.327. The molecule has 4 rings (SSSR count). The Morgan fingerprint density at radius 2 is 1.55 bits per heavy atom. The molecule has 0 saturated heterocycles. The van der Waals surface area contributed by atoms with E-state index < -0.39 is 0 Å². The summed E-state index contributed by atoms with van der Waals surface area (Å²) in [5.74, 6) is -0.214. The molecule has 2 unspecified atom stereocenters. The molecule has 0 aliphatic heterocycles. The first-order valence-corrected chi connectivity index (χ1v) is 10.1. The summed E-state index contributed by atoms with van der Waals surface area (Å²) in [6.45, 7) is 2.20. The summed E-state index contributed by atoms with van der Waals surface area (Å²) in [6.07, 6.45) is 2.09. The number of aryl methyl sites for hydroxylation is 1. The van der Waals surface area contributed by atoms with Gasteiger partial charge in [0.15, 0.2) is 0 Å². The fourth-order valence-corrected chi connectivity index (χ4v) is 4.81. The van der Waals surface area contributed by atoms with Crippen LogP contribution in [0.15, 0.2) is 66.7 Å². The Morgan fingerprint density at radius 1 is 0.931 bits per heavy atom. The number of benzene rings is 3. The van der Waals surface area contributed by atoms with Crippen LogP contribution in [0, 0.1) is 5.82 Å². The lowest BCUT2D eigenvalue weighted by Gasteiger charge is -2.45. The zero-order valence-corrected chi connectivity index (χ0v) is 17.6. The number of hydrogen-bond acceptors (Lipinski definition) is 2. The quantitative estimate of drug-likeness (QED) is 0.551. The van der Waals surface area contributed by atoms with E-state index in [1.165, 1.54) is 28.8 Å². The summed E-state index contributed by atoms with van der Waals surface area (Å²) in [5.41, 5.74) is 6.78. The molecule has 2 atom stereocenters. The molecular weight excluding hydrogens is 361 g/mol. The van der Waals surface area contributed by atoms with Crippen molar-refractivity contribution in [1.82, 2.24) is 4.90 Å². The molecule has 1 aliphatic rings. The summed E-state index contributed by atoms with van der Waals surface area (Å²) in [4.78, 5) is 2.27. The van der Waals surface area contributed by atoms with Crippen LogP contribution in [0.2, 0.25) is 0 Å². The van der Waals surface area contributed by atoms with E-state index in [-0.39, 0.29) is 11.4 Å². The summed E-state index contributed by atoms with van der Waals surface area (Å²) in [6, 6.07) is 22.1. The minimum absolute atomic E-state index is 0.214. The first kappa shape index (κ1) is 19.8. The number of hydrogen-bond donors (Lipinski definition) is 0. The van der Waals surface area contributed by atoms with Gasteiger partial charge in [-0.15, -0.1) is 0 Å². The normalized spacial score (nSPS) is 21.2. The van der Waals surface area contributed by atoms with Gasteiger partial charge in [0.25, 0.3) is 0 Å². The van der Waals surface area contributed by atoms with E-state index in [0.717, 1.165) is 29.5 Å². The van der Waals surface area contributed by atoms with Gasteiger partial charge in [-0.25, -0.2) is 4.39 Å². The molecule has 0 fully saturated rings. The lowest BCUT2D eigenvalue weighted by Crippen LogP contribution is -2.50. The van der Waals surface area contributed by atoms with Gasteiger partial charge in [0, 0.05) is 13.2 Å². The highest BCUT2D eigenvalue weighted by molar-refractivity contribution is 5.83. The van der Waals surface area contributed by atoms with Gasteiger partial charge in [0.05, 0.1) is 0 Å². The first-order valence-electron chi connectivity index (χ1n) is 10.1. The molecule has 3 aromatic carbocycles. The van der Waals surface area contributed by atoms with Crippen molar-refractivity contribution in [3.05, 3.63) is 83.7 Å². The molecule has 3 heteroatoms. The van der Waals surface area contributed by atoms with E-state index in [2.05, 4.69) is 62.3 Å². The Morgan fingerprint density at radius 3 is 2.17 bits per heavy atom. The lowest BCUT2D eigenvalue weighted by molar-refractivity contribution is -0.0686. The maximum Gasteiger partial charge on any atom is 0.123 e. The largest absolute Gasteiger partial charge is 0.372 e. The third kappa shape index (κ3) is 3.50. The summed E-state index contributed by atoms with van der Waals surface area (Å²) < 4.78 is 19.4. The van der Waals surface area contributed by atoms with Crippen molar-refractivity contribution in [3.63, 3.8) is 0 Å². The molecule has 150 valence electrons. The van der Waals surface area contributed by atoms with Crippen molar-refractivity contribution in [2.24, 2.45) is 0 Å². The van der Waals surface area contributed by atoms with Crippen molar-refractivity contribution >= 4 is 0 Å². The number of methoxy groups -OCH3 is 1. The van der Waals surface area contributed by atoms with Crippen LogP contribution in [0.25, 0.3) is 22.3 Å². The number of likely N-dealkylation sites (N-methyl/N-ethyl adjacent to an activating group) is 1. The lowest BCUT2D eigenvalue weighted by atomic mass is 9.75. The van der Waals surface area contributed by atoms with Gasteiger partial charge in [0.1, 0.15) is 11.4 Å². The van der Waals surface area contributed by atoms with Crippen LogP contribution in [0.3, 0.4) is 0 Å². The second-order valence-electron chi connectivity index (χ2n) is 8.25. The van der Waals surface area contributed by atoms with Gasteiger partial charge in [-0.3, -0.25) is 0 Å². The van der Waals surface area contributed by atoms with Crippen LogP contribution < -0.4 is 0 Å². The maximum absolute atomic E-state index is 13.4. The minimum Gasteiger partial charge on any atom is -0.372 e. The van der Waals surface area contributed by atoms with E-state index in [0.29, 0.717) is 6.04 Å². The van der Waals surface area contributed by atoms with Gasteiger partial charge < -0.3 is 9.64 Å². The van der Waals surface area contributed by atoms with Crippen molar-refractivity contribution < 1.29 is 9.13 Å². The SMILES string of the molecule is COC1(C)c2ccc(-c3ccccc3-c3ccc(F)cc3)cc2CCC1N(C)C. The van der Waals surface area contributed by atoms with Gasteiger partial charge in [0.2, 0.25) is 0 Å². The van der Waals surface area contributed by atoms with Crippen LogP contribution in [-0.2, 0) is 16.8 Å². The summed E-state index contributed by atoms with van der Waals surface area (Å²) in [5, 5.41) is 0. The number of rotatable bonds is 4. The molecule has 0 heterocycles. The van der Waals surface area contributed by atoms with E-state index in [9.17, 15) is 4.39 Å². The van der Waals surface area contributed by atoms with Crippen LogP contribution in [0.4, 0.5) is 4.39 Å². The average molecular weight is 390 g/mol. The van der Waals surface area contributed by atoms with Gasteiger partial charge in [-0.1, -0.05) is 54.6 Å². The van der Waals surface area contributed by atoms with Crippen molar-refractivity contribution in [2.45, 2.75) is 31.4 Å².